The van der Waals surface area contributed by atoms with Gasteiger partial charge in [-0.3, -0.25) is 9.59 Å². The quantitative estimate of drug-likeness (QED) is 0.755. The molecule has 0 aliphatic heterocycles. The summed E-state index contributed by atoms with van der Waals surface area (Å²) in [6.45, 7) is 2.62. The Bertz CT molecular complexity index is 487. The van der Waals surface area contributed by atoms with Gasteiger partial charge < -0.3 is 15.7 Å². The van der Waals surface area contributed by atoms with Crippen LogP contribution in [-0.2, 0) is 16.0 Å². The molecule has 0 aromatic carbocycles. The minimum Gasteiger partial charge on any atom is -0.481 e. The zero-order valence-electron chi connectivity index (χ0n) is 10.7. The summed E-state index contributed by atoms with van der Waals surface area (Å²) in [7, 11) is 0. The normalized spacial score (nSPS) is 17.6. The largest absolute Gasteiger partial charge is 0.481 e. The molecule has 7 heteroatoms. The topological polar surface area (TPSA) is 91.3 Å². The number of thiazole rings is 1. The molecule has 0 saturated carbocycles. The van der Waals surface area contributed by atoms with Gasteiger partial charge in [0.1, 0.15) is 5.92 Å². The van der Waals surface area contributed by atoms with Gasteiger partial charge in [0.25, 0.3) is 0 Å². The molecular weight excluding hydrogens is 266 g/mol. The summed E-state index contributed by atoms with van der Waals surface area (Å²) in [4.78, 5) is 27.9. The first-order chi connectivity index (χ1) is 9.11. The highest BCUT2D eigenvalue weighted by Gasteiger charge is 2.29. The lowest BCUT2D eigenvalue weighted by atomic mass is 9.91. The summed E-state index contributed by atoms with van der Waals surface area (Å²) in [6.07, 6.45) is 2.39. The number of aliphatic carboxylic acids is 1. The van der Waals surface area contributed by atoms with Crippen LogP contribution in [0.3, 0.4) is 0 Å². The fourth-order valence-electron chi connectivity index (χ4n) is 2.15. The van der Waals surface area contributed by atoms with Gasteiger partial charge in [-0.25, -0.2) is 4.98 Å². The van der Waals surface area contributed by atoms with Crippen molar-refractivity contribution in [2.45, 2.75) is 32.1 Å². The molecule has 0 radical (unpaired) electrons. The van der Waals surface area contributed by atoms with Gasteiger partial charge in [-0.2, -0.15) is 0 Å². The molecule has 1 atom stereocenters. The minimum atomic E-state index is -0.818. The average molecular weight is 283 g/mol. The zero-order valence-corrected chi connectivity index (χ0v) is 11.5. The number of hydrogen-bond acceptors (Lipinski definition) is 5. The molecule has 1 aliphatic rings. The Morgan fingerprint density at radius 2 is 2.32 bits per heavy atom. The third kappa shape index (κ3) is 3.23. The van der Waals surface area contributed by atoms with Gasteiger partial charge in [-0.1, -0.05) is 0 Å². The maximum absolute atomic E-state index is 11.3. The molecule has 104 valence electrons. The molecule has 1 heterocycles. The van der Waals surface area contributed by atoms with E-state index in [2.05, 4.69) is 15.6 Å². The second-order valence-corrected chi connectivity index (χ2v) is 5.50. The summed E-state index contributed by atoms with van der Waals surface area (Å²) in [6, 6.07) is 0. The van der Waals surface area contributed by atoms with Crippen molar-refractivity contribution in [3.8, 4) is 0 Å². The van der Waals surface area contributed by atoms with Crippen molar-refractivity contribution in [3.63, 3.8) is 0 Å². The molecule has 1 aromatic heterocycles. The lowest BCUT2D eigenvalue weighted by molar-refractivity contribution is -0.139. The summed E-state index contributed by atoms with van der Waals surface area (Å²) < 4.78 is 0. The number of aromatic nitrogens is 1. The Labute approximate surface area is 115 Å². The highest BCUT2D eigenvalue weighted by molar-refractivity contribution is 7.15. The summed E-state index contributed by atoms with van der Waals surface area (Å²) in [5.41, 5.74) is 0.669. The maximum atomic E-state index is 11.3. The van der Waals surface area contributed by atoms with Gasteiger partial charge in [0, 0.05) is 11.4 Å². The number of carboxylic acid groups (broad SMARTS) is 1. The molecule has 0 bridgehead atoms. The number of fused-ring (bicyclic) bond motifs is 1. The zero-order chi connectivity index (χ0) is 13.8. The van der Waals surface area contributed by atoms with E-state index in [0.29, 0.717) is 23.8 Å². The van der Waals surface area contributed by atoms with E-state index in [4.69, 9.17) is 5.11 Å². The first-order valence-electron chi connectivity index (χ1n) is 6.34. The van der Waals surface area contributed by atoms with Crippen LogP contribution in [0.2, 0.25) is 0 Å². The monoisotopic (exact) mass is 283 g/mol. The Morgan fingerprint density at radius 1 is 1.53 bits per heavy atom. The molecule has 19 heavy (non-hydrogen) atoms. The molecular formula is C12H17N3O3S. The number of carbonyl (C=O) groups excluding carboxylic acids is 1. The van der Waals surface area contributed by atoms with Gasteiger partial charge in [0.15, 0.2) is 5.13 Å². The number of nitrogens with zero attached hydrogens (tertiary/aromatic N) is 1. The van der Waals surface area contributed by atoms with Crippen LogP contribution in [0.5, 0.6) is 0 Å². The number of hydrogen-bond donors (Lipinski definition) is 3. The van der Waals surface area contributed by atoms with E-state index in [1.165, 1.54) is 11.3 Å². The molecule has 2 rings (SSSR count). The predicted octanol–water partition coefficient (Wildman–Crippen LogP) is 1.20. The maximum Gasteiger partial charge on any atom is 0.312 e. The number of carboxylic acids is 1. The first-order valence-corrected chi connectivity index (χ1v) is 7.16. The van der Waals surface area contributed by atoms with Crippen molar-refractivity contribution >= 4 is 28.3 Å². The third-order valence-electron chi connectivity index (χ3n) is 3.03. The molecule has 1 amide bonds. The number of rotatable bonds is 5. The summed E-state index contributed by atoms with van der Waals surface area (Å²) >= 11 is 1.45. The number of likely N-dealkylation sites (N-methyl/N-ethyl adjacent to an activating group) is 1. The first kappa shape index (κ1) is 13.8. The lowest BCUT2D eigenvalue weighted by Crippen LogP contribution is -2.29. The van der Waals surface area contributed by atoms with E-state index < -0.39 is 11.9 Å². The number of aryl methyl sites for hydroxylation is 1. The van der Waals surface area contributed by atoms with Crippen LogP contribution in [0.1, 0.15) is 36.3 Å². The van der Waals surface area contributed by atoms with Crippen LogP contribution in [-0.4, -0.2) is 35.1 Å². The van der Waals surface area contributed by atoms with E-state index in [-0.39, 0.29) is 12.5 Å². The average Bonchev–Trinajstić information content (AvgIpc) is 2.79. The van der Waals surface area contributed by atoms with Crippen molar-refractivity contribution in [3.05, 3.63) is 10.6 Å². The van der Waals surface area contributed by atoms with Gasteiger partial charge in [0.2, 0.25) is 5.91 Å². The van der Waals surface area contributed by atoms with Crippen LogP contribution in [0.15, 0.2) is 0 Å². The number of anilines is 1. The second-order valence-electron chi connectivity index (χ2n) is 4.42. The van der Waals surface area contributed by atoms with Crippen LogP contribution in [0.4, 0.5) is 5.13 Å². The predicted molar refractivity (Wildman–Crippen MR) is 72.6 cm³/mol. The third-order valence-corrected chi connectivity index (χ3v) is 4.12. The van der Waals surface area contributed by atoms with Gasteiger partial charge >= 0.3 is 5.97 Å². The highest BCUT2D eigenvalue weighted by atomic mass is 32.1. The SMILES string of the molecule is CCNC(=O)CNc1nc2c(s1)CCCC2C(=O)O. The summed E-state index contributed by atoms with van der Waals surface area (Å²) in [5, 5.41) is 15.4. The standard InChI is InChI=1S/C12H17N3O3S/c1-2-13-9(16)6-14-12-15-10-7(11(17)18)4-3-5-8(10)19-12/h7H,2-6H2,1H3,(H,13,16)(H,14,15)(H,17,18). The fraction of sp³-hybridized carbons (Fsp3) is 0.583. The van der Waals surface area contributed by atoms with Crippen molar-refractivity contribution in [1.82, 2.24) is 10.3 Å². The fourth-order valence-corrected chi connectivity index (χ4v) is 3.21. The van der Waals surface area contributed by atoms with Crippen LogP contribution < -0.4 is 10.6 Å². The molecule has 1 aromatic rings. The van der Waals surface area contributed by atoms with Gasteiger partial charge in [0.05, 0.1) is 12.2 Å². The Morgan fingerprint density at radius 3 is 3.00 bits per heavy atom. The number of amides is 1. The van der Waals surface area contributed by atoms with Crippen molar-refractivity contribution in [2.75, 3.05) is 18.4 Å². The minimum absolute atomic E-state index is 0.0922. The molecule has 0 fully saturated rings. The van der Waals surface area contributed by atoms with Crippen LogP contribution in [0, 0.1) is 0 Å². The number of nitrogens with one attached hydrogen (secondary N) is 2. The Hall–Kier alpha value is -1.63. The molecule has 6 nitrogen and oxygen atoms in total. The van der Waals surface area contributed by atoms with Crippen molar-refractivity contribution < 1.29 is 14.7 Å². The lowest BCUT2D eigenvalue weighted by Gasteiger charge is -2.16. The Kier molecular flexibility index (Phi) is 4.36. The molecule has 1 aliphatic carbocycles. The smallest absolute Gasteiger partial charge is 0.312 e. The molecule has 1 unspecified atom stereocenters. The van der Waals surface area contributed by atoms with E-state index in [1.807, 2.05) is 6.92 Å². The van der Waals surface area contributed by atoms with Crippen molar-refractivity contribution in [2.24, 2.45) is 0 Å². The molecule has 3 N–H and O–H groups in total. The van der Waals surface area contributed by atoms with E-state index in [9.17, 15) is 9.59 Å². The highest BCUT2D eigenvalue weighted by Crippen LogP contribution is 2.36. The van der Waals surface area contributed by atoms with Crippen molar-refractivity contribution in [1.29, 1.82) is 0 Å². The van der Waals surface area contributed by atoms with Gasteiger partial charge in [-0.15, -0.1) is 11.3 Å². The van der Waals surface area contributed by atoms with E-state index in [0.717, 1.165) is 17.7 Å². The summed E-state index contributed by atoms with van der Waals surface area (Å²) in [5.74, 6) is -1.41. The molecule has 0 saturated heterocycles. The van der Waals surface area contributed by atoms with Gasteiger partial charge in [-0.05, 0) is 26.2 Å². The number of carbonyl (C=O) groups is 2. The second kappa shape index (κ2) is 6.01. The van der Waals surface area contributed by atoms with Crippen LogP contribution in [0.25, 0.3) is 0 Å². The van der Waals surface area contributed by atoms with E-state index in [1.54, 1.807) is 0 Å². The van der Waals surface area contributed by atoms with Crippen LogP contribution >= 0.6 is 11.3 Å². The molecule has 0 spiro atoms. The van der Waals surface area contributed by atoms with E-state index >= 15 is 0 Å². The Balaban J connectivity index is 2.05.